The van der Waals surface area contributed by atoms with Crippen LogP contribution in [0, 0.1) is 6.92 Å². The number of nitrogens with zero attached hydrogens (tertiary/aromatic N) is 2. The van der Waals surface area contributed by atoms with E-state index in [2.05, 4.69) is 9.98 Å². The van der Waals surface area contributed by atoms with Crippen molar-refractivity contribution in [2.45, 2.75) is 20.8 Å². The Hall–Kier alpha value is -2.95. The van der Waals surface area contributed by atoms with Crippen LogP contribution in [0.3, 0.4) is 0 Å². The Labute approximate surface area is 141 Å². The minimum Gasteiger partial charge on any atom is -0.512 e. The van der Waals surface area contributed by atoms with Crippen LogP contribution in [0.1, 0.15) is 19.5 Å². The third-order valence-corrected chi connectivity index (χ3v) is 3.30. The van der Waals surface area contributed by atoms with Gasteiger partial charge in [-0.1, -0.05) is 12.1 Å². The number of allylic oxidation sites excluding steroid dienone is 1. The van der Waals surface area contributed by atoms with E-state index in [1.165, 1.54) is 13.1 Å². The zero-order valence-electron chi connectivity index (χ0n) is 14.0. The van der Waals surface area contributed by atoms with E-state index in [4.69, 9.17) is 4.74 Å². The van der Waals surface area contributed by atoms with E-state index in [9.17, 15) is 9.90 Å². The summed E-state index contributed by atoms with van der Waals surface area (Å²) in [5, 5.41) is 9.63. The number of hydrogen-bond donors (Lipinski definition) is 1. The zero-order valence-corrected chi connectivity index (χ0v) is 14.0. The van der Waals surface area contributed by atoms with E-state index in [1.807, 2.05) is 43.3 Å². The molecule has 5 heteroatoms. The summed E-state index contributed by atoms with van der Waals surface area (Å²) in [5.41, 5.74) is 3.69. The standard InChI is InChI=1S/C19H20N2O3/c1-4-24-19(23)18(14(3)22)12-21-17-7-5-6-15(11-17)16-8-9-20-13(2)10-16/h5-12,22H,4H2,1-3H3. The molecule has 0 bridgehead atoms. The van der Waals surface area contributed by atoms with Crippen molar-refractivity contribution in [2.24, 2.45) is 4.99 Å². The quantitative estimate of drug-likeness (QED) is 0.388. The molecule has 0 atom stereocenters. The lowest BCUT2D eigenvalue weighted by Gasteiger charge is -2.05. The van der Waals surface area contributed by atoms with Crippen molar-refractivity contribution in [1.82, 2.24) is 4.98 Å². The summed E-state index contributed by atoms with van der Waals surface area (Å²) in [7, 11) is 0. The van der Waals surface area contributed by atoms with Crippen LogP contribution in [-0.4, -0.2) is 28.9 Å². The van der Waals surface area contributed by atoms with Crippen molar-refractivity contribution in [3.05, 3.63) is 59.6 Å². The van der Waals surface area contributed by atoms with Crippen LogP contribution in [0.2, 0.25) is 0 Å². The van der Waals surface area contributed by atoms with Gasteiger partial charge >= 0.3 is 5.97 Å². The molecule has 0 spiro atoms. The molecular formula is C19H20N2O3. The summed E-state index contributed by atoms with van der Waals surface area (Å²) in [6.07, 6.45) is 3.08. The van der Waals surface area contributed by atoms with E-state index in [-0.39, 0.29) is 17.9 Å². The number of ether oxygens (including phenoxy) is 1. The number of aromatic nitrogens is 1. The lowest BCUT2D eigenvalue weighted by molar-refractivity contribution is -0.138. The fourth-order valence-corrected chi connectivity index (χ4v) is 2.13. The number of aliphatic hydroxyl groups is 1. The molecule has 5 nitrogen and oxygen atoms in total. The molecule has 0 aliphatic rings. The molecule has 1 aromatic heterocycles. The van der Waals surface area contributed by atoms with Gasteiger partial charge in [0, 0.05) is 18.1 Å². The maximum Gasteiger partial charge on any atom is 0.343 e. The van der Waals surface area contributed by atoms with Crippen molar-refractivity contribution >= 4 is 17.9 Å². The monoisotopic (exact) mass is 324 g/mol. The first-order valence-corrected chi connectivity index (χ1v) is 7.65. The Balaban J connectivity index is 2.29. The molecule has 1 N–H and O–H groups in total. The fraction of sp³-hybridized carbons (Fsp3) is 0.211. The van der Waals surface area contributed by atoms with Gasteiger partial charge in [-0.25, -0.2) is 4.79 Å². The molecule has 0 fully saturated rings. The van der Waals surface area contributed by atoms with Gasteiger partial charge in [-0.3, -0.25) is 9.98 Å². The molecule has 0 radical (unpaired) electrons. The highest BCUT2D eigenvalue weighted by Crippen LogP contribution is 2.24. The number of benzene rings is 1. The maximum atomic E-state index is 11.8. The Kier molecular flexibility index (Phi) is 5.84. The Bertz CT molecular complexity index is 791. The highest BCUT2D eigenvalue weighted by Gasteiger charge is 2.11. The molecule has 1 aromatic carbocycles. The molecule has 0 unspecified atom stereocenters. The van der Waals surface area contributed by atoms with Crippen LogP contribution in [0.4, 0.5) is 5.69 Å². The molecular weight excluding hydrogens is 304 g/mol. The lowest BCUT2D eigenvalue weighted by Crippen LogP contribution is -2.10. The van der Waals surface area contributed by atoms with Crippen molar-refractivity contribution in [3.63, 3.8) is 0 Å². The highest BCUT2D eigenvalue weighted by molar-refractivity contribution is 6.10. The molecule has 24 heavy (non-hydrogen) atoms. The van der Waals surface area contributed by atoms with Crippen LogP contribution in [-0.2, 0) is 9.53 Å². The van der Waals surface area contributed by atoms with Crippen LogP contribution in [0.15, 0.2) is 58.9 Å². The van der Waals surface area contributed by atoms with Crippen molar-refractivity contribution in [1.29, 1.82) is 0 Å². The number of aliphatic hydroxyl groups excluding tert-OH is 1. The van der Waals surface area contributed by atoms with E-state index in [0.717, 1.165) is 16.8 Å². The van der Waals surface area contributed by atoms with Gasteiger partial charge in [0.1, 0.15) is 11.3 Å². The Morgan fingerprint density at radius 1 is 1.29 bits per heavy atom. The average molecular weight is 324 g/mol. The summed E-state index contributed by atoms with van der Waals surface area (Å²) in [5.74, 6) is -0.722. The summed E-state index contributed by atoms with van der Waals surface area (Å²) >= 11 is 0. The first-order chi connectivity index (χ1) is 11.5. The molecule has 0 aliphatic carbocycles. The maximum absolute atomic E-state index is 11.8. The van der Waals surface area contributed by atoms with Crippen molar-refractivity contribution in [3.8, 4) is 11.1 Å². The molecule has 0 aliphatic heterocycles. The van der Waals surface area contributed by atoms with Gasteiger partial charge in [-0.2, -0.15) is 0 Å². The molecule has 0 saturated carbocycles. The second kappa shape index (κ2) is 8.06. The molecule has 0 amide bonds. The van der Waals surface area contributed by atoms with Crippen molar-refractivity contribution in [2.75, 3.05) is 6.61 Å². The summed E-state index contributed by atoms with van der Waals surface area (Å²) in [6, 6.07) is 11.5. The van der Waals surface area contributed by atoms with Gasteiger partial charge < -0.3 is 9.84 Å². The first kappa shape index (κ1) is 17.4. The van der Waals surface area contributed by atoms with Crippen LogP contribution in [0.5, 0.6) is 0 Å². The number of rotatable bonds is 5. The van der Waals surface area contributed by atoms with Gasteiger partial charge in [0.05, 0.1) is 12.3 Å². The summed E-state index contributed by atoms with van der Waals surface area (Å²) in [4.78, 5) is 20.3. The molecule has 0 saturated heterocycles. The normalized spacial score (nSPS) is 12.1. The molecule has 2 aromatic rings. The largest absolute Gasteiger partial charge is 0.512 e. The second-order valence-corrected chi connectivity index (χ2v) is 5.21. The van der Waals surface area contributed by atoms with E-state index >= 15 is 0 Å². The SMILES string of the molecule is CCOC(=O)C(C=Nc1cccc(-c2ccnc(C)c2)c1)=C(C)O. The molecule has 2 rings (SSSR count). The predicted octanol–water partition coefficient (Wildman–Crippen LogP) is 4.15. The zero-order chi connectivity index (χ0) is 17.5. The first-order valence-electron chi connectivity index (χ1n) is 7.65. The van der Waals surface area contributed by atoms with Gasteiger partial charge in [0.2, 0.25) is 0 Å². The van der Waals surface area contributed by atoms with Gasteiger partial charge in [0.15, 0.2) is 0 Å². The number of aryl methyl sites for hydroxylation is 1. The number of aliphatic imine (C=N–C) groups is 1. The fourth-order valence-electron chi connectivity index (χ4n) is 2.13. The predicted molar refractivity (Wildman–Crippen MR) is 94.5 cm³/mol. The Morgan fingerprint density at radius 3 is 2.71 bits per heavy atom. The minimum atomic E-state index is -0.595. The number of esters is 1. The third-order valence-electron chi connectivity index (χ3n) is 3.30. The van der Waals surface area contributed by atoms with E-state index in [1.54, 1.807) is 13.1 Å². The third kappa shape index (κ3) is 4.52. The minimum absolute atomic E-state index is 0.0435. The van der Waals surface area contributed by atoms with E-state index < -0.39 is 5.97 Å². The van der Waals surface area contributed by atoms with Gasteiger partial charge in [-0.15, -0.1) is 0 Å². The topological polar surface area (TPSA) is 71.8 Å². The second-order valence-electron chi connectivity index (χ2n) is 5.21. The average Bonchev–Trinajstić information content (AvgIpc) is 2.55. The molecule has 1 heterocycles. The lowest BCUT2D eigenvalue weighted by atomic mass is 10.1. The van der Waals surface area contributed by atoms with Crippen LogP contribution >= 0.6 is 0 Å². The van der Waals surface area contributed by atoms with Crippen LogP contribution in [0.25, 0.3) is 11.1 Å². The number of pyridine rings is 1. The smallest absolute Gasteiger partial charge is 0.343 e. The van der Waals surface area contributed by atoms with Gasteiger partial charge in [-0.05, 0) is 56.2 Å². The highest BCUT2D eigenvalue weighted by atomic mass is 16.5. The number of hydrogen-bond acceptors (Lipinski definition) is 5. The Morgan fingerprint density at radius 2 is 2.04 bits per heavy atom. The number of carbonyl (C=O) groups is 1. The number of carbonyl (C=O) groups excluding carboxylic acids is 1. The summed E-state index contributed by atoms with van der Waals surface area (Å²) < 4.78 is 4.90. The molecule has 124 valence electrons. The van der Waals surface area contributed by atoms with E-state index in [0.29, 0.717) is 5.69 Å². The van der Waals surface area contributed by atoms with Crippen LogP contribution < -0.4 is 0 Å². The van der Waals surface area contributed by atoms with Gasteiger partial charge in [0.25, 0.3) is 0 Å². The summed E-state index contributed by atoms with van der Waals surface area (Å²) in [6.45, 7) is 5.31. The van der Waals surface area contributed by atoms with Crippen molar-refractivity contribution < 1.29 is 14.6 Å².